The molecule has 0 spiro atoms. The minimum atomic E-state index is -3.42. The van der Waals surface area contributed by atoms with Crippen molar-refractivity contribution in [2.24, 2.45) is 5.41 Å². The Morgan fingerprint density at radius 1 is 1.08 bits per heavy atom. The summed E-state index contributed by atoms with van der Waals surface area (Å²) in [4.78, 5) is 0. The number of rotatable bonds is 4. The zero-order valence-corrected chi connectivity index (χ0v) is 16.0. The fourth-order valence-electron chi connectivity index (χ4n) is 4.09. The third-order valence-corrected chi connectivity index (χ3v) is 7.42. The number of morpholine rings is 1. The molecular weight excluding hydrogens is 356 g/mol. The quantitative estimate of drug-likeness (QED) is 0.792. The van der Waals surface area contributed by atoms with Crippen molar-refractivity contribution < 1.29 is 22.6 Å². The van der Waals surface area contributed by atoms with Crippen molar-refractivity contribution in [3.05, 3.63) is 23.8 Å². The molecule has 26 heavy (non-hydrogen) atoms. The van der Waals surface area contributed by atoms with Crippen molar-refractivity contribution >= 4 is 10.2 Å². The average molecular weight is 382 g/mol. The van der Waals surface area contributed by atoms with Crippen LogP contribution in [0.3, 0.4) is 0 Å². The highest BCUT2D eigenvalue weighted by molar-refractivity contribution is 7.86. The third-order valence-electron chi connectivity index (χ3n) is 5.44. The molecule has 0 bridgehead atoms. The van der Waals surface area contributed by atoms with Gasteiger partial charge in [0, 0.05) is 26.2 Å². The van der Waals surface area contributed by atoms with Crippen LogP contribution >= 0.6 is 0 Å². The van der Waals surface area contributed by atoms with Gasteiger partial charge in [0.1, 0.15) is 0 Å². The molecule has 1 unspecified atom stereocenters. The van der Waals surface area contributed by atoms with Gasteiger partial charge in [-0.3, -0.25) is 0 Å². The van der Waals surface area contributed by atoms with Crippen molar-refractivity contribution in [2.45, 2.75) is 26.2 Å². The number of piperidine rings is 1. The van der Waals surface area contributed by atoms with E-state index in [9.17, 15) is 8.42 Å². The second-order valence-corrected chi connectivity index (χ2v) is 9.56. The van der Waals surface area contributed by atoms with Crippen molar-refractivity contribution in [1.82, 2.24) is 8.61 Å². The van der Waals surface area contributed by atoms with Gasteiger partial charge < -0.3 is 14.2 Å². The molecule has 4 rings (SSSR count). The second-order valence-electron chi connectivity index (χ2n) is 7.63. The lowest BCUT2D eigenvalue weighted by atomic mass is 9.77. The summed E-state index contributed by atoms with van der Waals surface area (Å²) in [6, 6.07) is 6.00. The van der Waals surface area contributed by atoms with Gasteiger partial charge in [-0.25, -0.2) is 0 Å². The Balaban J connectivity index is 1.48. The number of ether oxygens (including phenoxy) is 3. The van der Waals surface area contributed by atoms with Crippen LogP contribution in [-0.4, -0.2) is 63.2 Å². The molecule has 1 atom stereocenters. The Kier molecular flexibility index (Phi) is 4.85. The van der Waals surface area contributed by atoms with E-state index in [2.05, 4.69) is 6.92 Å². The summed E-state index contributed by atoms with van der Waals surface area (Å²) >= 11 is 0. The maximum absolute atomic E-state index is 13.0. The molecule has 8 heteroatoms. The van der Waals surface area contributed by atoms with Crippen LogP contribution in [0.1, 0.15) is 25.3 Å². The van der Waals surface area contributed by atoms with Crippen LogP contribution in [0.2, 0.25) is 0 Å². The standard InChI is InChI=1S/C18H26N2O5S/c1-18(12-15-3-4-16-17(11-15)25-14-24-16)5-2-6-20(13-18)26(21,22)19-7-9-23-10-8-19/h3-4,11H,2,5-10,12-14H2,1H3. The van der Waals surface area contributed by atoms with Gasteiger partial charge >= 0.3 is 0 Å². The van der Waals surface area contributed by atoms with Gasteiger partial charge in [0.25, 0.3) is 10.2 Å². The number of hydrogen-bond acceptors (Lipinski definition) is 5. The first-order valence-electron chi connectivity index (χ1n) is 9.18. The molecule has 1 aromatic carbocycles. The van der Waals surface area contributed by atoms with Gasteiger partial charge in [0.2, 0.25) is 6.79 Å². The van der Waals surface area contributed by atoms with Gasteiger partial charge in [-0.15, -0.1) is 0 Å². The highest BCUT2D eigenvalue weighted by atomic mass is 32.2. The van der Waals surface area contributed by atoms with E-state index in [-0.39, 0.29) is 12.2 Å². The van der Waals surface area contributed by atoms with E-state index in [4.69, 9.17) is 14.2 Å². The maximum Gasteiger partial charge on any atom is 0.282 e. The Labute approximate surface area is 155 Å². The first kappa shape index (κ1) is 18.0. The monoisotopic (exact) mass is 382 g/mol. The first-order valence-corrected chi connectivity index (χ1v) is 10.6. The Morgan fingerprint density at radius 2 is 1.85 bits per heavy atom. The van der Waals surface area contributed by atoms with E-state index in [1.807, 2.05) is 18.2 Å². The molecule has 3 aliphatic rings. The van der Waals surface area contributed by atoms with Gasteiger partial charge in [0.05, 0.1) is 13.2 Å². The summed E-state index contributed by atoms with van der Waals surface area (Å²) in [6.07, 6.45) is 2.71. The van der Waals surface area contributed by atoms with Crippen LogP contribution < -0.4 is 9.47 Å². The van der Waals surface area contributed by atoms with Crippen molar-refractivity contribution in [3.63, 3.8) is 0 Å². The van der Waals surface area contributed by atoms with Crippen molar-refractivity contribution in [1.29, 1.82) is 0 Å². The molecule has 0 saturated carbocycles. The van der Waals surface area contributed by atoms with Crippen LogP contribution in [0, 0.1) is 5.41 Å². The van der Waals surface area contributed by atoms with Gasteiger partial charge in [-0.2, -0.15) is 17.0 Å². The van der Waals surface area contributed by atoms with E-state index in [0.29, 0.717) is 39.4 Å². The molecule has 2 saturated heterocycles. The zero-order chi connectivity index (χ0) is 18.2. The molecule has 0 radical (unpaired) electrons. The first-order chi connectivity index (χ1) is 12.5. The van der Waals surface area contributed by atoms with Crippen LogP contribution in [0.4, 0.5) is 0 Å². The van der Waals surface area contributed by atoms with E-state index in [1.54, 1.807) is 8.61 Å². The predicted octanol–water partition coefficient (Wildman–Crippen LogP) is 1.64. The smallest absolute Gasteiger partial charge is 0.282 e. The SMILES string of the molecule is CC1(Cc2ccc3c(c2)OCO3)CCCN(S(=O)(=O)N2CCOCC2)C1. The highest BCUT2D eigenvalue weighted by Gasteiger charge is 2.39. The number of nitrogens with zero attached hydrogens (tertiary/aromatic N) is 2. The summed E-state index contributed by atoms with van der Waals surface area (Å²) in [7, 11) is -3.42. The topological polar surface area (TPSA) is 68.3 Å². The molecule has 3 heterocycles. The maximum atomic E-state index is 13.0. The molecule has 2 fully saturated rings. The predicted molar refractivity (Wildman–Crippen MR) is 96.5 cm³/mol. The molecule has 7 nitrogen and oxygen atoms in total. The van der Waals surface area contributed by atoms with Crippen LogP contribution in [0.15, 0.2) is 18.2 Å². The minimum absolute atomic E-state index is 0.0920. The Hall–Kier alpha value is -1.35. The van der Waals surface area contributed by atoms with E-state index < -0.39 is 10.2 Å². The number of benzene rings is 1. The molecular formula is C18H26N2O5S. The summed E-state index contributed by atoms with van der Waals surface area (Å²) in [5.74, 6) is 1.55. The highest BCUT2D eigenvalue weighted by Crippen LogP contribution is 2.38. The normalized spacial score (nSPS) is 27.6. The molecule has 0 aliphatic carbocycles. The average Bonchev–Trinajstić information content (AvgIpc) is 3.10. The molecule has 0 N–H and O–H groups in total. The summed E-state index contributed by atoms with van der Waals surface area (Å²) in [5, 5.41) is 0. The summed E-state index contributed by atoms with van der Waals surface area (Å²) in [6.45, 7) is 5.41. The Morgan fingerprint density at radius 3 is 2.65 bits per heavy atom. The van der Waals surface area contributed by atoms with Gasteiger partial charge in [0.15, 0.2) is 11.5 Å². The minimum Gasteiger partial charge on any atom is -0.454 e. The molecule has 3 aliphatic heterocycles. The van der Waals surface area contributed by atoms with Gasteiger partial charge in [-0.05, 0) is 42.4 Å². The second kappa shape index (κ2) is 6.99. The lowest BCUT2D eigenvalue weighted by Crippen LogP contribution is -2.53. The van der Waals surface area contributed by atoms with E-state index in [1.165, 1.54) is 0 Å². The van der Waals surface area contributed by atoms with Crippen LogP contribution in [0.5, 0.6) is 11.5 Å². The summed E-state index contributed by atoms with van der Waals surface area (Å²) < 4.78 is 45.3. The van der Waals surface area contributed by atoms with Crippen molar-refractivity contribution in [2.75, 3.05) is 46.2 Å². The molecule has 0 amide bonds. The van der Waals surface area contributed by atoms with E-state index in [0.717, 1.165) is 36.3 Å². The molecule has 144 valence electrons. The van der Waals surface area contributed by atoms with Crippen LogP contribution in [-0.2, 0) is 21.4 Å². The van der Waals surface area contributed by atoms with E-state index >= 15 is 0 Å². The fourth-order valence-corrected chi connectivity index (χ4v) is 5.86. The zero-order valence-electron chi connectivity index (χ0n) is 15.1. The lowest BCUT2D eigenvalue weighted by molar-refractivity contribution is 0.0671. The largest absolute Gasteiger partial charge is 0.454 e. The van der Waals surface area contributed by atoms with Crippen LogP contribution in [0.25, 0.3) is 0 Å². The number of fused-ring (bicyclic) bond motifs is 1. The fraction of sp³-hybridized carbons (Fsp3) is 0.667. The van der Waals surface area contributed by atoms with Gasteiger partial charge in [-0.1, -0.05) is 13.0 Å². The summed E-state index contributed by atoms with van der Waals surface area (Å²) in [5.41, 5.74) is 1.06. The lowest BCUT2D eigenvalue weighted by Gasteiger charge is -2.42. The van der Waals surface area contributed by atoms with Crippen molar-refractivity contribution in [3.8, 4) is 11.5 Å². The number of hydrogen-bond donors (Lipinski definition) is 0. The Bertz CT molecular complexity index is 763. The molecule has 0 aromatic heterocycles. The molecule has 1 aromatic rings. The third kappa shape index (κ3) is 3.55.